The first-order valence-corrected chi connectivity index (χ1v) is 13.5. The van der Waals surface area contributed by atoms with E-state index in [0.29, 0.717) is 6.61 Å². The highest BCUT2D eigenvalue weighted by Crippen LogP contribution is 2.32. The summed E-state index contributed by atoms with van der Waals surface area (Å²) in [6.45, 7) is 6.23. The third kappa shape index (κ3) is 6.58. The fourth-order valence-corrected chi connectivity index (χ4v) is 4.32. The molecule has 0 atom stereocenters. The number of hydrogen-bond donors (Lipinski definition) is 1. The van der Waals surface area contributed by atoms with E-state index in [0.717, 1.165) is 10.3 Å². The van der Waals surface area contributed by atoms with Gasteiger partial charge in [-0.3, -0.25) is 4.39 Å². The molecule has 1 rings (SSSR count). The summed E-state index contributed by atoms with van der Waals surface area (Å²) in [5.41, 5.74) is 6.30. The molecule has 0 aliphatic carbocycles. The molecule has 0 spiro atoms. The average Bonchev–Trinajstić information content (AvgIpc) is 2.47. The van der Waals surface area contributed by atoms with Gasteiger partial charge in [0.05, 0.1) is 28.8 Å². The third-order valence-corrected chi connectivity index (χ3v) is 7.25. The number of halogens is 2. The van der Waals surface area contributed by atoms with Crippen molar-refractivity contribution >= 4 is 41.1 Å². The highest BCUT2D eigenvalue weighted by Gasteiger charge is 2.25. The molecule has 0 amide bonds. The van der Waals surface area contributed by atoms with Gasteiger partial charge < -0.3 is 10.5 Å². The van der Waals surface area contributed by atoms with Crippen molar-refractivity contribution in [2.24, 2.45) is 0 Å². The normalized spacial score (nSPS) is 12.4. The van der Waals surface area contributed by atoms with Gasteiger partial charge in [-0.15, -0.1) is 0 Å². The van der Waals surface area contributed by atoms with E-state index in [2.05, 4.69) is 19.6 Å². The molecule has 2 N–H and O–H groups in total. The minimum Gasteiger partial charge on any atom is -0.397 e. The van der Waals surface area contributed by atoms with E-state index in [-0.39, 0.29) is 35.3 Å². The first-order valence-electron chi connectivity index (χ1n) is 7.76. The Morgan fingerprint density at radius 2 is 2.00 bits per heavy atom. The summed E-state index contributed by atoms with van der Waals surface area (Å²) in [5, 5.41) is 0.148. The van der Waals surface area contributed by atoms with Crippen LogP contribution >= 0.6 is 11.6 Å². The minimum atomic E-state index is -3.75. The van der Waals surface area contributed by atoms with Gasteiger partial charge in [0.2, 0.25) is 10.0 Å². The smallest absolute Gasteiger partial charge is 0.237 e. The van der Waals surface area contributed by atoms with Gasteiger partial charge in [-0.05, 0) is 24.6 Å². The van der Waals surface area contributed by atoms with Crippen LogP contribution in [0.2, 0.25) is 30.7 Å². The van der Waals surface area contributed by atoms with Crippen molar-refractivity contribution in [2.45, 2.75) is 32.1 Å². The highest BCUT2D eigenvalue weighted by molar-refractivity contribution is 7.92. The lowest BCUT2D eigenvalue weighted by molar-refractivity contribution is 0.156. The second kappa shape index (κ2) is 9.03. The Morgan fingerprint density at radius 3 is 2.58 bits per heavy atom. The number of benzene rings is 1. The topological polar surface area (TPSA) is 72.6 Å². The zero-order valence-corrected chi connectivity index (χ0v) is 17.0. The summed E-state index contributed by atoms with van der Waals surface area (Å²) in [4.78, 5) is 0. The monoisotopic (exact) mass is 396 g/mol. The van der Waals surface area contributed by atoms with Crippen molar-refractivity contribution in [3.8, 4) is 0 Å². The van der Waals surface area contributed by atoms with Gasteiger partial charge in [0.25, 0.3) is 0 Å². The van der Waals surface area contributed by atoms with Crippen molar-refractivity contribution in [3.05, 3.63) is 23.2 Å². The minimum absolute atomic E-state index is 0.0757. The average molecular weight is 397 g/mol. The molecule has 5 nitrogen and oxygen atoms in total. The summed E-state index contributed by atoms with van der Waals surface area (Å²) in [6.07, 6.45) is -0.0757. The lowest BCUT2D eigenvalue weighted by Gasteiger charge is -2.26. The van der Waals surface area contributed by atoms with E-state index in [4.69, 9.17) is 22.1 Å². The van der Waals surface area contributed by atoms with Gasteiger partial charge in [-0.2, -0.15) is 0 Å². The number of nitrogens with two attached hydrogens (primary N) is 1. The predicted octanol–water partition coefficient (Wildman–Crippen LogP) is 3.73. The molecule has 0 aromatic heterocycles. The molecular formula is C15H26ClFN2O3SSi. The molecule has 138 valence electrons. The lowest BCUT2D eigenvalue weighted by Crippen LogP contribution is -2.36. The molecule has 1 aromatic rings. The number of rotatable bonds is 10. The fraction of sp³-hybridized carbons (Fsp3) is 0.600. The third-order valence-electron chi connectivity index (χ3n) is 3.35. The van der Waals surface area contributed by atoms with Crippen molar-refractivity contribution in [3.63, 3.8) is 0 Å². The van der Waals surface area contributed by atoms with E-state index in [9.17, 15) is 12.8 Å². The standard InChI is InChI=1S/C15H26ClFN2O3SSi/c1-24(2,3)11-9-22-12-19(23(20,21)10-5-8-17)14-7-4-6-13(18)15(14)16/h4,6-7H,5,8-12,18H2,1-3H3. The van der Waals surface area contributed by atoms with Crippen LogP contribution in [0.1, 0.15) is 6.42 Å². The molecule has 24 heavy (non-hydrogen) atoms. The van der Waals surface area contributed by atoms with Gasteiger partial charge in [-0.1, -0.05) is 37.3 Å². The maximum atomic E-state index is 12.5. The highest BCUT2D eigenvalue weighted by atomic mass is 35.5. The van der Waals surface area contributed by atoms with E-state index in [1.807, 2.05) is 0 Å². The molecule has 0 saturated heterocycles. The van der Waals surface area contributed by atoms with E-state index >= 15 is 0 Å². The lowest BCUT2D eigenvalue weighted by atomic mass is 10.3. The Balaban J connectivity index is 2.98. The second-order valence-corrected chi connectivity index (χ2v) is 14.7. The molecule has 0 bridgehead atoms. The summed E-state index contributed by atoms with van der Waals surface area (Å²) < 4.78 is 44.1. The van der Waals surface area contributed by atoms with Gasteiger partial charge >= 0.3 is 0 Å². The molecule has 0 aliphatic heterocycles. The zero-order chi connectivity index (χ0) is 18.4. The number of anilines is 2. The Bertz CT molecular complexity index is 638. The molecule has 0 saturated carbocycles. The van der Waals surface area contributed by atoms with E-state index in [1.54, 1.807) is 18.2 Å². The summed E-state index contributed by atoms with van der Waals surface area (Å²) >= 11 is 6.16. The number of alkyl halides is 1. The van der Waals surface area contributed by atoms with Crippen LogP contribution in [-0.4, -0.2) is 42.3 Å². The van der Waals surface area contributed by atoms with Crippen molar-refractivity contribution in [1.82, 2.24) is 0 Å². The molecule has 0 unspecified atom stereocenters. The van der Waals surface area contributed by atoms with Crippen LogP contribution in [0.15, 0.2) is 18.2 Å². The van der Waals surface area contributed by atoms with Crippen LogP contribution in [0.25, 0.3) is 0 Å². The van der Waals surface area contributed by atoms with Crippen molar-refractivity contribution < 1.29 is 17.5 Å². The summed E-state index contributed by atoms with van der Waals surface area (Å²) in [6, 6.07) is 5.68. The maximum absolute atomic E-state index is 12.5. The SMILES string of the molecule is C[Si](C)(C)CCOCN(c1cccc(N)c1Cl)S(=O)(=O)CCCF. The van der Waals surface area contributed by atoms with Crippen LogP contribution in [0.3, 0.4) is 0 Å². The van der Waals surface area contributed by atoms with E-state index in [1.165, 1.54) is 0 Å². The summed E-state index contributed by atoms with van der Waals surface area (Å²) in [5.74, 6) is -0.313. The Labute approximate surface area is 150 Å². The van der Waals surface area contributed by atoms with Crippen molar-refractivity contribution in [1.29, 1.82) is 0 Å². The van der Waals surface area contributed by atoms with Crippen LogP contribution in [0.5, 0.6) is 0 Å². The largest absolute Gasteiger partial charge is 0.397 e. The summed E-state index contributed by atoms with van der Waals surface area (Å²) in [7, 11) is -5.04. The number of nitrogens with zero attached hydrogens (tertiary/aromatic N) is 1. The first kappa shape index (κ1) is 21.2. The number of ether oxygens (including phenoxy) is 1. The molecule has 0 fully saturated rings. The fourth-order valence-electron chi connectivity index (χ4n) is 1.90. The van der Waals surface area contributed by atoms with E-state index < -0.39 is 24.8 Å². The Morgan fingerprint density at radius 1 is 1.33 bits per heavy atom. The number of nitrogen functional groups attached to an aromatic ring is 1. The van der Waals surface area contributed by atoms with Gasteiger partial charge in [0.15, 0.2) is 0 Å². The quantitative estimate of drug-likeness (QED) is 0.283. The zero-order valence-electron chi connectivity index (χ0n) is 14.4. The Hall–Kier alpha value is -0.833. The van der Waals surface area contributed by atoms with Gasteiger partial charge in [0.1, 0.15) is 6.73 Å². The molecule has 9 heteroatoms. The van der Waals surface area contributed by atoms with Crippen LogP contribution < -0.4 is 10.0 Å². The van der Waals surface area contributed by atoms with Crippen LogP contribution in [-0.2, 0) is 14.8 Å². The van der Waals surface area contributed by atoms with Crippen molar-refractivity contribution in [2.75, 3.05) is 35.8 Å². The predicted molar refractivity (Wildman–Crippen MR) is 102 cm³/mol. The second-order valence-electron chi connectivity index (χ2n) is 6.74. The maximum Gasteiger partial charge on any atom is 0.237 e. The first-order chi connectivity index (χ1) is 11.1. The van der Waals surface area contributed by atoms with Crippen LogP contribution in [0.4, 0.5) is 15.8 Å². The number of sulfonamides is 1. The van der Waals surface area contributed by atoms with Gasteiger partial charge in [-0.25, -0.2) is 12.7 Å². The molecule has 1 aromatic carbocycles. The molecular weight excluding hydrogens is 371 g/mol. The Kier molecular flexibility index (Phi) is 7.98. The van der Waals surface area contributed by atoms with Gasteiger partial charge in [0, 0.05) is 14.7 Å². The molecule has 0 heterocycles. The number of hydrogen-bond acceptors (Lipinski definition) is 4. The molecule has 0 aliphatic rings. The molecule has 0 radical (unpaired) electrons. The van der Waals surface area contributed by atoms with Crippen LogP contribution in [0, 0.1) is 0 Å².